The van der Waals surface area contributed by atoms with Gasteiger partial charge in [-0.15, -0.1) is 0 Å². The van der Waals surface area contributed by atoms with Gasteiger partial charge in [0.2, 0.25) is 17.7 Å². The van der Waals surface area contributed by atoms with Gasteiger partial charge < -0.3 is 47.9 Å². The molecule has 1 saturated heterocycles. The summed E-state index contributed by atoms with van der Waals surface area (Å²) in [7, 11) is 0. The molecule has 3 amide bonds. The predicted octanol–water partition coefficient (Wildman–Crippen LogP) is -3.71. The van der Waals surface area contributed by atoms with Crippen LogP contribution in [-0.2, 0) is 25.6 Å². The van der Waals surface area contributed by atoms with E-state index in [4.69, 9.17) is 16.6 Å². The number of amides is 3. The molecule has 0 radical (unpaired) electrons. The second-order valence-corrected chi connectivity index (χ2v) is 8.08. The van der Waals surface area contributed by atoms with Gasteiger partial charge in [-0.05, 0) is 32.2 Å². The third-order valence-corrected chi connectivity index (χ3v) is 5.36. The zero-order valence-electron chi connectivity index (χ0n) is 19.2. The van der Waals surface area contributed by atoms with Gasteiger partial charge in [0.15, 0.2) is 5.96 Å². The van der Waals surface area contributed by atoms with Gasteiger partial charge in [0.25, 0.3) is 0 Å². The summed E-state index contributed by atoms with van der Waals surface area (Å²) in [5.41, 5.74) is 11.2. The summed E-state index contributed by atoms with van der Waals surface area (Å²) < 4.78 is 0. The molecule has 4 atom stereocenters. The van der Waals surface area contributed by atoms with Crippen molar-refractivity contribution in [2.75, 3.05) is 19.7 Å². The van der Waals surface area contributed by atoms with E-state index in [1.165, 1.54) is 12.5 Å². The molecule has 0 spiro atoms. The molecule has 1 aromatic heterocycles. The number of nitrogens with zero attached hydrogens (tertiary/aromatic N) is 2. The lowest BCUT2D eigenvalue weighted by molar-refractivity contribution is -0.143. The summed E-state index contributed by atoms with van der Waals surface area (Å²) in [6.07, 6.45) is 4.84. The van der Waals surface area contributed by atoms with Crippen molar-refractivity contribution < 1.29 is 29.4 Å². The van der Waals surface area contributed by atoms with E-state index in [0.717, 1.165) is 6.42 Å². The summed E-state index contributed by atoms with van der Waals surface area (Å²) in [5.74, 6) is -3.33. The van der Waals surface area contributed by atoms with Gasteiger partial charge in [-0.3, -0.25) is 19.4 Å². The van der Waals surface area contributed by atoms with E-state index in [2.05, 4.69) is 36.2 Å². The van der Waals surface area contributed by atoms with Crippen LogP contribution >= 0.6 is 0 Å². The van der Waals surface area contributed by atoms with Gasteiger partial charge in [-0.2, -0.15) is 0 Å². The number of aliphatic hydroxyl groups is 1. The van der Waals surface area contributed by atoms with Crippen LogP contribution in [0, 0.1) is 0 Å². The Morgan fingerprint density at radius 3 is 2.43 bits per heavy atom. The fourth-order valence-electron chi connectivity index (χ4n) is 3.51. The lowest BCUT2D eigenvalue weighted by Gasteiger charge is -2.24. The highest BCUT2D eigenvalue weighted by atomic mass is 16.4. The molecule has 1 aliphatic heterocycles. The molecule has 0 aliphatic carbocycles. The van der Waals surface area contributed by atoms with E-state index in [0.29, 0.717) is 25.1 Å². The normalized spacial score (nSPS) is 17.6. The molecule has 2 heterocycles. The van der Waals surface area contributed by atoms with E-state index < -0.39 is 48.6 Å². The third kappa shape index (κ3) is 9.21. The molecule has 0 aromatic carbocycles. The highest BCUT2D eigenvalue weighted by Gasteiger charge is 2.31. The Kier molecular flexibility index (Phi) is 10.9. The number of H-pyrrole nitrogens is 1. The average molecular weight is 496 g/mol. The number of carbonyl (C=O) groups excluding carboxylic acids is 3. The number of carboxylic acid groups (broad SMARTS) is 1. The number of nitrogens with two attached hydrogens (primary N) is 2. The number of nitrogens with one attached hydrogen (secondary N) is 5. The standard InChI is InChI=1S/C20H33N9O6/c21-20(22)25-6-2-4-13(27-16(31)12-3-1-5-24-12)17(32)28-14(7-11-8-23-10-26-11)18(33)29-15(9-30)19(34)35/h8,10,12-15,24,30H,1-7,9H2,(H,23,26)(H,27,31)(H,28,32)(H,29,33)(H,34,35)(H4,21,22,25). The molecular formula is C20H33N9O6. The predicted molar refractivity (Wildman–Crippen MR) is 124 cm³/mol. The Hall–Kier alpha value is -3.72. The monoisotopic (exact) mass is 495 g/mol. The second-order valence-electron chi connectivity index (χ2n) is 8.08. The zero-order valence-corrected chi connectivity index (χ0v) is 19.2. The van der Waals surface area contributed by atoms with Crippen LogP contribution in [0.3, 0.4) is 0 Å². The molecule has 1 aliphatic rings. The maximum Gasteiger partial charge on any atom is 0.328 e. The number of hydrogen-bond acceptors (Lipinski definition) is 8. The quantitative estimate of drug-likeness (QED) is 0.0693. The lowest BCUT2D eigenvalue weighted by atomic mass is 10.1. The highest BCUT2D eigenvalue weighted by molar-refractivity contribution is 5.94. The fraction of sp³-hybridized carbons (Fsp3) is 0.600. The number of imidazole rings is 1. The first-order valence-corrected chi connectivity index (χ1v) is 11.2. The molecule has 35 heavy (non-hydrogen) atoms. The van der Waals surface area contributed by atoms with Crippen molar-refractivity contribution in [3.63, 3.8) is 0 Å². The van der Waals surface area contributed by atoms with Crippen LogP contribution in [0.5, 0.6) is 0 Å². The Balaban J connectivity index is 2.14. The molecule has 11 N–H and O–H groups in total. The first-order valence-electron chi connectivity index (χ1n) is 11.2. The number of carbonyl (C=O) groups is 4. The molecule has 0 saturated carbocycles. The molecule has 1 fully saturated rings. The number of carboxylic acids is 1. The number of guanidine groups is 1. The number of aliphatic hydroxyl groups excluding tert-OH is 1. The van der Waals surface area contributed by atoms with Gasteiger partial charge >= 0.3 is 5.97 Å². The van der Waals surface area contributed by atoms with Crippen molar-refractivity contribution in [1.82, 2.24) is 31.2 Å². The molecule has 15 nitrogen and oxygen atoms in total. The van der Waals surface area contributed by atoms with Crippen molar-refractivity contribution >= 4 is 29.7 Å². The van der Waals surface area contributed by atoms with Gasteiger partial charge in [0, 0.05) is 24.9 Å². The molecular weight excluding hydrogens is 462 g/mol. The maximum atomic E-state index is 13.2. The van der Waals surface area contributed by atoms with Gasteiger partial charge in [0.1, 0.15) is 18.1 Å². The molecule has 1 aromatic rings. The highest BCUT2D eigenvalue weighted by Crippen LogP contribution is 2.08. The van der Waals surface area contributed by atoms with Crippen LogP contribution in [-0.4, -0.2) is 93.7 Å². The summed E-state index contributed by atoms with van der Waals surface area (Å²) in [4.78, 5) is 60.3. The van der Waals surface area contributed by atoms with E-state index in [9.17, 15) is 24.3 Å². The van der Waals surface area contributed by atoms with Crippen LogP contribution in [0.15, 0.2) is 17.5 Å². The van der Waals surface area contributed by atoms with Crippen molar-refractivity contribution in [3.8, 4) is 0 Å². The van der Waals surface area contributed by atoms with E-state index in [-0.39, 0.29) is 31.3 Å². The SMILES string of the molecule is NC(N)=NCCCC(NC(=O)C1CCCN1)C(=O)NC(Cc1cnc[nH]1)C(=O)NC(CO)C(=O)O. The third-order valence-electron chi connectivity index (χ3n) is 5.36. The minimum Gasteiger partial charge on any atom is -0.480 e. The Morgan fingerprint density at radius 2 is 1.86 bits per heavy atom. The fourth-order valence-corrected chi connectivity index (χ4v) is 3.51. The summed E-state index contributed by atoms with van der Waals surface area (Å²) in [5, 5.41) is 28.9. The Labute approximate surface area is 201 Å². The van der Waals surface area contributed by atoms with E-state index in [1.54, 1.807) is 0 Å². The summed E-state index contributed by atoms with van der Waals surface area (Å²) in [6.45, 7) is 0.101. The van der Waals surface area contributed by atoms with Crippen LogP contribution in [0.25, 0.3) is 0 Å². The zero-order chi connectivity index (χ0) is 25.8. The smallest absolute Gasteiger partial charge is 0.328 e. The second kappa shape index (κ2) is 13.9. The van der Waals surface area contributed by atoms with Crippen LogP contribution < -0.4 is 32.7 Å². The van der Waals surface area contributed by atoms with Crippen molar-refractivity contribution in [2.24, 2.45) is 16.5 Å². The Bertz CT molecular complexity index is 882. The minimum absolute atomic E-state index is 0.0335. The molecule has 4 unspecified atom stereocenters. The maximum absolute atomic E-state index is 13.2. The van der Waals surface area contributed by atoms with Crippen molar-refractivity contribution in [3.05, 3.63) is 18.2 Å². The van der Waals surface area contributed by atoms with E-state index in [1.807, 2.05) is 0 Å². The Morgan fingerprint density at radius 1 is 1.14 bits per heavy atom. The van der Waals surface area contributed by atoms with Crippen molar-refractivity contribution in [1.29, 1.82) is 0 Å². The number of aliphatic imine (C=N–C) groups is 1. The van der Waals surface area contributed by atoms with Crippen LogP contribution in [0.2, 0.25) is 0 Å². The van der Waals surface area contributed by atoms with Gasteiger partial charge in [-0.1, -0.05) is 0 Å². The topological polar surface area (TPSA) is 250 Å². The minimum atomic E-state index is -1.55. The average Bonchev–Trinajstić information content (AvgIpc) is 3.52. The van der Waals surface area contributed by atoms with Crippen LogP contribution in [0.1, 0.15) is 31.4 Å². The molecule has 2 rings (SSSR count). The first-order chi connectivity index (χ1) is 16.7. The largest absolute Gasteiger partial charge is 0.480 e. The van der Waals surface area contributed by atoms with Gasteiger partial charge in [-0.25, -0.2) is 9.78 Å². The summed E-state index contributed by atoms with van der Waals surface area (Å²) >= 11 is 0. The molecule has 194 valence electrons. The number of hydrogen-bond donors (Lipinski definition) is 9. The number of aliphatic carboxylic acids is 1. The lowest BCUT2D eigenvalue weighted by Crippen LogP contribution is -2.58. The number of rotatable bonds is 14. The number of aromatic nitrogens is 2. The van der Waals surface area contributed by atoms with Crippen LogP contribution in [0.4, 0.5) is 0 Å². The van der Waals surface area contributed by atoms with Crippen molar-refractivity contribution in [2.45, 2.75) is 56.3 Å². The molecule has 0 bridgehead atoms. The summed E-state index contributed by atoms with van der Waals surface area (Å²) in [6, 6.07) is -4.18. The van der Waals surface area contributed by atoms with E-state index >= 15 is 0 Å². The first kappa shape index (κ1) is 27.5. The molecule has 15 heteroatoms. The number of aromatic amines is 1. The van der Waals surface area contributed by atoms with Gasteiger partial charge in [0.05, 0.1) is 19.0 Å².